The van der Waals surface area contributed by atoms with Gasteiger partial charge in [-0.05, 0) is 55.8 Å². The normalized spacial score (nSPS) is 11.0. The van der Waals surface area contributed by atoms with Crippen LogP contribution in [0.1, 0.15) is 17.0 Å². The zero-order valence-electron chi connectivity index (χ0n) is 15.8. The van der Waals surface area contributed by atoms with E-state index in [2.05, 4.69) is 27.4 Å². The fraction of sp³-hybridized carbons (Fsp3) is 0.190. The van der Waals surface area contributed by atoms with Gasteiger partial charge in [0.2, 0.25) is 5.82 Å². The van der Waals surface area contributed by atoms with Crippen molar-refractivity contribution in [2.24, 2.45) is 0 Å². The third kappa shape index (κ3) is 3.64. The summed E-state index contributed by atoms with van der Waals surface area (Å²) >= 11 is 6.11. The Morgan fingerprint density at radius 2 is 1.96 bits per heavy atom. The van der Waals surface area contributed by atoms with E-state index in [1.165, 1.54) is 0 Å². The Bertz CT molecular complexity index is 1130. The lowest BCUT2D eigenvalue weighted by atomic mass is 10.1. The van der Waals surface area contributed by atoms with Crippen molar-refractivity contribution in [2.75, 3.05) is 7.11 Å². The Labute approximate surface area is 167 Å². The molecule has 0 bridgehead atoms. The highest BCUT2D eigenvalue weighted by Gasteiger charge is 2.15. The lowest BCUT2D eigenvalue weighted by Gasteiger charge is -2.06. The van der Waals surface area contributed by atoms with Crippen LogP contribution < -0.4 is 4.74 Å². The fourth-order valence-corrected chi connectivity index (χ4v) is 3.29. The quantitative estimate of drug-likeness (QED) is 0.480. The van der Waals surface area contributed by atoms with Crippen LogP contribution in [-0.4, -0.2) is 27.0 Å². The molecule has 7 heteroatoms. The lowest BCUT2D eigenvalue weighted by molar-refractivity contribution is 0.413. The van der Waals surface area contributed by atoms with Crippen LogP contribution in [0.4, 0.5) is 0 Å². The Hall–Kier alpha value is -3.12. The van der Waals surface area contributed by atoms with E-state index in [0.29, 0.717) is 34.6 Å². The molecule has 0 saturated carbocycles. The summed E-state index contributed by atoms with van der Waals surface area (Å²) in [6.45, 7) is 4.72. The molecule has 0 spiro atoms. The van der Waals surface area contributed by atoms with E-state index in [-0.39, 0.29) is 0 Å². The lowest BCUT2D eigenvalue weighted by Crippen LogP contribution is -2.03. The van der Waals surface area contributed by atoms with Crippen molar-refractivity contribution in [1.29, 1.82) is 0 Å². The molecule has 28 heavy (non-hydrogen) atoms. The largest absolute Gasteiger partial charge is 0.496 e. The summed E-state index contributed by atoms with van der Waals surface area (Å²) in [7, 11) is 1.59. The van der Waals surface area contributed by atoms with Gasteiger partial charge < -0.3 is 9.26 Å². The zero-order valence-corrected chi connectivity index (χ0v) is 16.6. The number of hydrogen-bond acceptors (Lipinski definition) is 5. The molecule has 4 aromatic rings. The summed E-state index contributed by atoms with van der Waals surface area (Å²) < 4.78 is 12.9. The van der Waals surface area contributed by atoms with Gasteiger partial charge in [0.05, 0.1) is 24.9 Å². The van der Waals surface area contributed by atoms with Crippen LogP contribution in [0.5, 0.6) is 5.75 Å². The van der Waals surface area contributed by atoms with E-state index < -0.39 is 0 Å². The van der Waals surface area contributed by atoms with Gasteiger partial charge in [0.1, 0.15) is 5.75 Å². The first-order chi connectivity index (χ1) is 13.5. The maximum absolute atomic E-state index is 6.11. The molecule has 0 aliphatic heterocycles. The molecule has 0 aliphatic carbocycles. The molecule has 0 unspecified atom stereocenters. The summed E-state index contributed by atoms with van der Waals surface area (Å²) in [5, 5.41) is 9.20. The fourth-order valence-electron chi connectivity index (χ4n) is 3.12. The van der Waals surface area contributed by atoms with E-state index in [0.717, 1.165) is 22.5 Å². The molecule has 2 aromatic carbocycles. The topological polar surface area (TPSA) is 66.0 Å². The van der Waals surface area contributed by atoms with Gasteiger partial charge >= 0.3 is 0 Å². The van der Waals surface area contributed by atoms with Crippen LogP contribution in [0.3, 0.4) is 0 Å². The number of ether oxygens (including phenoxy) is 1. The number of aromatic nitrogens is 4. The third-order valence-corrected chi connectivity index (χ3v) is 4.67. The average molecular weight is 395 g/mol. The Kier molecular flexibility index (Phi) is 4.88. The SMILES string of the molecule is COc1ccc(Cl)cc1-c1noc(-c2cccc(Cn3nc(C)cc3C)c2)n1. The van der Waals surface area contributed by atoms with E-state index in [4.69, 9.17) is 20.9 Å². The van der Waals surface area contributed by atoms with Gasteiger partial charge in [-0.25, -0.2) is 0 Å². The number of hydrogen-bond donors (Lipinski definition) is 0. The van der Waals surface area contributed by atoms with Crippen molar-refractivity contribution < 1.29 is 9.26 Å². The van der Waals surface area contributed by atoms with Crippen molar-refractivity contribution in [1.82, 2.24) is 19.9 Å². The van der Waals surface area contributed by atoms with Gasteiger partial charge in [0.15, 0.2) is 0 Å². The molecular weight excluding hydrogens is 376 g/mol. The smallest absolute Gasteiger partial charge is 0.258 e. The van der Waals surface area contributed by atoms with Gasteiger partial charge in [-0.15, -0.1) is 0 Å². The van der Waals surface area contributed by atoms with Crippen LogP contribution in [0.25, 0.3) is 22.8 Å². The van der Waals surface area contributed by atoms with E-state index in [9.17, 15) is 0 Å². The summed E-state index contributed by atoms with van der Waals surface area (Å²) in [6, 6.07) is 15.4. The molecular formula is C21H19ClN4O2. The minimum absolute atomic E-state index is 0.429. The van der Waals surface area contributed by atoms with Crippen molar-refractivity contribution in [3.63, 3.8) is 0 Å². The van der Waals surface area contributed by atoms with Crippen LogP contribution >= 0.6 is 11.6 Å². The zero-order chi connectivity index (χ0) is 19.7. The number of rotatable bonds is 5. The summed E-state index contributed by atoms with van der Waals surface area (Å²) in [5.74, 6) is 1.50. The minimum atomic E-state index is 0.429. The Balaban J connectivity index is 1.64. The second-order valence-corrected chi connectivity index (χ2v) is 6.99. The van der Waals surface area contributed by atoms with Gasteiger partial charge in [0, 0.05) is 16.3 Å². The number of benzene rings is 2. The van der Waals surface area contributed by atoms with E-state index >= 15 is 0 Å². The van der Waals surface area contributed by atoms with E-state index in [1.807, 2.05) is 36.7 Å². The monoisotopic (exact) mass is 394 g/mol. The molecule has 0 radical (unpaired) electrons. The Morgan fingerprint density at radius 1 is 1.11 bits per heavy atom. The summed E-state index contributed by atoms with van der Waals surface area (Å²) in [4.78, 5) is 4.53. The summed E-state index contributed by atoms with van der Waals surface area (Å²) in [5.41, 5.74) is 4.76. The predicted octanol–water partition coefficient (Wildman–Crippen LogP) is 4.93. The maximum atomic E-state index is 6.11. The second kappa shape index (κ2) is 7.48. The molecule has 6 nitrogen and oxygen atoms in total. The molecule has 4 rings (SSSR count). The number of aryl methyl sites for hydroxylation is 2. The van der Waals surface area contributed by atoms with Crippen LogP contribution in [-0.2, 0) is 6.54 Å². The van der Waals surface area contributed by atoms with Crippen molar-refractivity contribution in [3.8, 4) is 28.6 Å². The van der Waals surface area contributed by atoms with Gasteiger partial charge in [-0.2, -0.15) is 10.1 Å². The number of nitrogens with zero attached hydrogens (tertiary/aromatic N) is 4. The van der Waals surface area contributed by atoms with E-state index in [1.54, 1.807) is 25.3 Å². The molecule has 0 amide bonds. The average Bonchev–Trinajstić information content (AvgIpc) is 3.29. The first kappa shape index (κ1) is 18.3. The van der Waals surface area contributed by atoms with Crippen molar-refractivity contribution in [3.05, 3.63) is 70.5 Å². The first-order valence-corrected chi connectivity index (χ1v) is 9.19. The minimum Gasteiger partial charge on any atom is -0.496 e. The summed E-state index contributed by atoms with van der Waals surface area (Å²) in [6.07, 6.45) is 0. The van der Waals surface area contributed by atoms with Crippen LogP contribution in [0, 0.1) is 13.8 Å². The second-order valence-electron chi connectivity index (χ2n) is 6.55. The van der Waals surface area contributed by atoms with Gasteiger partial charge in [-0.3, -0.25) is 4.68 Å². The Morgan fingerprint density at radius 3 is 2.71 bits per heavy atom. The molecule has 0 N–H and O–H groups in total. The van der Waals surface area contributed by atoms with Gasteiger partial charge in [0.25, 0.3) is 5.89 Å². The van der Waals surface area contributed by atoms with Crippen LogP contribution in [0.15, 0.2) is 53.1 Å². The standard InChI is InChI=1S/C21H19ClN4O2/c1-13-9-14(2)26(24-13)12-15-5-4-6-16(10-15)21-23-20(25-28-21)18-11-17(22)7-8-19(18)27-3/h4-11H,12H2,1-3H3. The molecule has 0 saturated heterocycles. The molecule has 0 atom stereocenters. The molecule has 142 valence electrons. The highest BCUT2D eigenvalue weighted by Crippen LogP contribution is 2.32. The highest BCUT2D eigenvalue weighted by atomic mass is 35.5. The van der Waals surface area contributed by atoms with Crippen LogP contribution in [0.2, 0.25) is 5.02 Å². The maximum Gasteiger partial charge on any atom is 0.258 e. The molecule has 2 aromatic heterocycles. The van der Waals surface area contributed by atoms with Gasteiger partial charge in [-0.1, -0.05) is 28.9 Å². The number of methoxy groups -OCH3 is 1. The van der Waals surface area contributed by atoms with Crippen molar-refractivity contribution >= 4 is 11.6 Å². The van der Waals surface area contributed by atoms with Crippen molar-refractivity contribution in [2.45, 2.75) is 20.4 Å². The predicted molar refractivity (Wildman–Crippen MR) is 108 cm³/mol. The third-order valence-electron chi connectivity index (χ3n) is 4.44. The molecule has 2 heterocycles. The first-order valence-electron chi connectivity index (χ1n) is 8.81. The molecule has 0 aliphatic rings. The molecule has 0 fully saturated rings. The highest BCUT2D eigenvalue weighted by molar-refractivity contribution is 6.30. The number of halogens is 1.